The number of carbonyl (C=O) groups is 2. The van der Waals surface area contributed by atoms with Crippen LogP contribution in [0.2, 0.25) is 10.0 Å². The molecule has 0 spiro atoms. The second-order valence-corrected chi connectivity index (χ2v) is 9.33. The summed E-state index contributed by atoms with van der Waals surface area (Å²) >= 11 is 12.2. The molecule has 0 aromatic heterocycles. The minimum atomic E-state index is -4.64. The molecular weight excluding hydrogens is 496 g/mol. The summed E-state index contributed by atoms with van der Waals surface area (Å²) in [7, 11) is 1.18. The summed E-state index contributed by atoms with van der Waals surface area (Å²) in [4.78, 5) is 27.4. The Kier molecular flexibility index (Phi) is 6.61. The van der Waals surface area contributed by atoms with E-state index in [-0.39, 0.29) is 30.1 Å². The van der Waals surface area contributed by atoms with E-state index in [0.717, 1.165) is 29.9 Å². The second-order valence-electron chi connectivity index (χ2n) is 8.46. The number of methoxy groups -OCH3 is 1. The molecule has 1 saturated carbocycles. The number of amides is 2. The number of hydrogen-bond acceptors (Lipinski definition) is 3. The van der Waals surface area contributed by atoms with E-state index in [4.69, 9.17) is 27.9 Å². The van der Waals surface area contributed by atoms with Gasteiger partial charge in [-0.15, -0.1) is 0 Å². The maximum atomic E-state index is 13.6. The fourth-order valence-electron chi connectivity index (χ4n) is 4.60. The first-order chi connectivity index (χ1) is 16.0. The first-order valence-corrected chi connectivity index (χ1v) is 11.3. The number of anilines is 1. The van der Waals surface area contributed by atoms with Gasteiger partial charge in [0.15, 0.2) is 0 Å². The molecule has 1 aliphatic carbocycles. The lowest BCUT2D eigenvalue weighted by Gasteiger charge is -2.43. The van der Waals surface area contributed by atoms with Crippen molar-refractivity contribution in [1.82, 2.24) is 4.90 Å². The van der Waals surface area contributed by atoms with Crippen LogP contribution in [0.15, 0.2) is 36.4 Å². The van der Waals surface area contributed by atoms with Gasteiger partial charge in [0.1, 0.15) is 0 Å². The number of rotatable bonds is 4. The highest BCUT2D eigenvalue weighted by atomic mass is 35.5. The molecule has 1 fully saturated rings. The van der Waals surface area contributed by atoms with Crippen LogP contribution in [-0.2, 0) is 17.5 Å². The number of alkyl halides is 3. The Balaban J connectivity index is 1.85. The molecule has 4 rings (SSSR count). The van der Waals surface area contributed by atoms with Crippen molar-refractivity contribution in [3.8, 4) is 0 Å². The summed E-state index contributed by atoms with van der Waals surface area (Å²) in [5.41, 5.74) is -0.151. The largest absolute Gasteiger partial charge is 0.465 e. The van der Waals surface area contributed by atoms with Gasteiger partial charge in [0.05, 0.1) is 24.4 Å². The lowest BCUT2D eigenvalue weighted by atomic mass is 9.86. The second kappa shape index (κ2) is 9.19. The zero-order valence-corrected chi connectivity index (χ0v) is 19.5. The van der Waals surface area contributed by atoms with Gasteiger partial charge >= 0.3 is 18.4 Å². The van der Waals surface area contributed by atoms with E-state index in [0.29, 0.717) is 15.6 Å². The quantitative estimate of drug-likeness (QED) is 0.475. The third kappa shape index (κ3) is 4.90. The minimum Gasteiger partial charge on any atom is -0.465 e. The van der Waals surface area contributed by atoms with Gasteiger partial charge < -0.3 is 9.84 Å². The predicted molar refractivity (Wildman–Crippen MR) is 120 cm³/mol. The molecule has 1 aliphatic heterocycles. The first kappa shape index (κ1) is 24.5. The van der Waals surface area contributed by atoms with Crippen molar-refractivity contribution in [1.29, 1.82) is 0 Å². The minimum absolute atomic E-state index is 0.0439. The van der Waals surface area contributed by atoms with Gasteiger partial charge in [-0.1, -0.05) is 23.2 Å². The fourth-order valence-corrected chi connectivity index (χ4v) is 5.17. The molecule has 2 aliphatic rings. The van der Waals surface area contributed by atoms with Crippen LogP contribution in [0.1, 0.15) is 42.0 Å². The summed E-state index contributed by atoms with van der Waals surface area (Å²) in [5.74, 6) is 0.0640. The Bertz CT molecular complexity index is 1100. The molecule has 1 N–H and O–H groups in total. The zero-order valence-electron chi connectivity index (χ0n) is 18.0. The molecule has 2 aromatic rings. The van der Waals surface area contributed by atoms with Crippen molar-refractivity contribution in [2.45, 2.75) is 44.1 Å². The molecule has 2 aromatic carbocycles. The van der Waals surface area contributed by atoms with Crippen LogP contribution in [0.4, 0.5) is 28.4 Å². The lowest BCUT2D eigenvalue weighted by Crippen LogP contribution is -2.49. The average Bonchev–Trinajstić information content (AvgIpc) is 3.59. The van der Waals surface area contributed by atoms with E-state index in [9.17, 15) is 27.9 Å². The van der Waals surface area contributed by atoms with Crippen molar-refractivity contribution in [2.24, 2.45) is 5.92 Å². The van der Waals surface area contributed by atoms with Crippen molar-refractivity contribution in [3.05, 3.63) is 63.1 Å². The van der Waals surface area contributed by atoms with Gasteiger partial charge in [0, 0.05) is 22.6 Å². The molecule has 6 nitrogen and oxygen atoms in total. The number of fused-ring (bicyclic) bond motifs is 1. The molecule has 0 unspecified atom stereocenters. The highest BCUT2D eigenvalue weighted by Crippen LogP contribution is 2.49. The van der Waals surface area contributed by atoms with Crippen molar-refractivity contribution >= 4 is 41.1 Å². The average molecular weight is 517 g/mol. The molecule has 1 heterocycles. The van der Waals surface area contributed by atoms with E-state index >= 15 is 0 Å². The van der Waals surface area contributed by atoms with Gasteiger partial charge in [-0.05, 0) is 72.7 Å². The van der Waals surface area contributed by atoms with Gasteiger partial charge in [-0.3, -0.25) is 9.80 Å². The van der Waals surface area contributed by atoms with E-state index in [1.807, 2.05) is 0 Å². The smallest absolute Gasteiger partial charge is 0.416 e. The number of carbonyl (C=O) groups excluding carboxylic acids is 1. The number of halogens is 5. The van der Waals surface area contributed by atoms with Gasteiger partial charge in [-0.25, -0.2) is 9.59 Å². The number of benzene rings is 2. The summed E-state index contributed by atoms with van der Waals surface area (Å²) in [6.45, 7) is -0.0439. The monoisotopic (exact) mass is 516 g/mol. The van der Waals surface area contributed by atoms with E-state index in [1.165, 1.54) is 24.1 Å². The van der Waals surface area contributed by atoms with E-state index < -0.39 is 36.0 Å². The predicted octanol–water partition coefficient (Wildman–Crippen LogP) is 6.99. The maximum absolute atomic E-state index is 13.6. The van der Waals surface area contributed by atoms with Gasteiger partial charge in [0.25, 0.3) is 0 Å². The first-order valence-electron chi connectivity index (χ1n) is 10.5. The topological polar surface area (TPSA) is 70.1 Å². The van der Waals surface area contributed by atoms with Crippen LogP contribution < -0.4 is 4.90 Å². The molecule has 11 heteroatoms. The molecule has 34 heavy (non-hydrogen) atoms. The van der Waals surface area contributed by atoms with Gasteiger partial charge in [-0.2, -0.15) is 13.2 Å². The van der Waals surface area contributed by atoms with Crippen molar-refractivity contribution < 1.29 is 32.6 Å². The summed E-state index contributed by atoms with van der Waals surface area (Å²) in [6, 6.07) is 6.32. The fraction of sp³-hybridized carbons (Fsp3) is 0.391. The SMILES string of the molecule is COC(=O)N(Cc1cc(Cl)cc(Cl)c1)[C@H]1C[C@@H](C2CC2)N(C(=O)O)c2ccc(C(F)(F)F)cc21. The maximum Gasteiger partial charge on any atom is 0.416 e. The molecule has 182 valence electrons. The number of ether oxygens (including phenoxy) is 1. The third-order valence-electron chi connectivity index (χ3n) is 6.20. The standard InChI is InChI=1S/C23H21Cl2F3N2O4/c1-34-22(33)29(11-12-6-15(24)9-16(25)7-12)20-10-19(13-2-3-13)30(21(31)32)18-5-4-14(8-17(18)20)23(26,27)28/h4-9,13,19-20H,2-3,10-11H2,1H3,(H,31,32)/t19-,20-/m0/s1. The summed E-state index contributed by atoms with van der Waals surface area (Å²) in [5, 5.41) is 10.6. The molecule has 0 bridgehead atoms. The molecule has 0 saturated heterocycles. The van der Waals surface area contributed by atoms with Gasteiger partial charge in [0.2, 0.25) is 0 Å². The third-order valence-corrected chi connectivity index (χ3v) is 6.64. The van der Waals surface area contributed by atoms with Crippen LogP contribution in [0.5, 0.6) is 0 Å². The van der Waals surface area contributed by atoms with E-state index in [1.54, 1.807) is 12.1 Å². The Labute approximate surface area is 203 Å². The summed E-state index contributed by atoms with van der Waals surface area (Å²) < 4.78 is 45.6. The number of hydrogen-bond donors (Lipinski definition) is 1. The highest BCUT2D eigenvalue weighted by molar-refractivity contribution is 6.34. The molecule has 2 atom stereocenters. The van der Waals surface area contributed by atoms with Crippen LogP contribution in [-0.4, -0.2) is 35.3 Å². The van der Waals surface area contributed by atoms with Crippen molar-refractivity contribution in [3.63, 3.8) is 0 Å². The summed E-state index contributed by atoms with van der Waals surface area (Å²) in [6.07, 6.45) is -4.91. The molecule has 2 amide bonds. The molecule has 0 radical (unpaired) electrons. The lowest BCUT2D eigenvalue weighted by molar-refractivity contribution is -0.137. The molecular formula is C23H21Cl2F3N2O4. The zero-order chi connectivity index (χ0) is 24.8. The van der Waals surface area contributed by atoms with E-state index in [2.05, 4.69) is 0 Å². The Morgan fingerprint density at radius 1 is 1.15 bits per heavy atom. The van der Waals surface area contributed by atoms with Crippen LogP contribution >= 0.6 is 23.2 Å². The van der Waals surface area contributed by atoms with Crippen molar-refractivity contribution in [2.75, 3.05) is 12.0 Å². The normalized spacial score (nSPS) is 20.0. The Morgan fingerprint density at radius 2 is 1.79 bits per heavy atom. The highest BCUT2D eigenvalue weighted by Gasteiger charge is 2.47. The van der Waals surface area contributed by atoms with Crippen LogP contribution in [0, 0.1) is 5.92 Å². The number of carboxylic acid groups (broad SMARTS) is 1. The number of nitrogens with zero attached hydrogens (tertiary/aromatic N) is 2. The Hall–Kier alpha value is -2.65. The van der Waals surface area contributed by atoms with Crippen LogP contribution in [0.3, 0.4) is 0 Å². The van der Waals surface area contributed by atoms with Crippen LogP contribution in [0.25, 0.3) is 0 Å². The Morgan fingerprint density at radius 3 is 2.32 bits per heavy atom.